The maximum Gasteiger partial charge on any atom is 0.416 e. The lowest BCUT2D eigenvalue weighted by Gasteiger charge is -2.18. The number of ether oxygens (including phenoxy) is 1. The van der Waals surface area contributed by atoms with Crippen molar-refractivity contribution in [1.29, 1.82) is 0 Å². The van der Waals surface area contributed by atoms with Crippen molar-refractivity contribution in [2.24, 2.45) is 0 Å². The number of benzene rings is 1. The number of nitrogens with one attached hydrogen (secondary N) is 3. The predicted molar refractivity (Wildman–Crippen MR) is 119 cm³/mol. The van der Waals surface area contributed by atoms with E-state index in [-0.39, 0.29) is 35.9 Å². The maximum atomic E-state index is 13.4. The number of carbonyl (C=O) groups is 2. The molecular weight excluding hydrogens is 453 g/mol. The molecule has 1 aromatic carbocycles. The number of halogens is 3. The highest BCUT2D eigenvalue weighted by Crippen LogP contribution is 2.36. The molecule has 0 fully saturated rings. The molecule has 9 nitrogen and oxygen atoms in total. The standard InChI is InChI=1S/C22H23F3N6O3/c1-31-6-3-5-26-19-18-16(21(33)30-20(18)29-12-28-19)11-27-14-8-13(22(23,24)25)9-15(10-14)34-7-2-4-17(31)32/h8-12,27H,2-7H2,1H3,(H2,26,28,29,30,33)/b16-11-. The summed E-state index contributed by atoms with van der Waals surface area (Å²) in [4.78, 5) is 34.7. The number of anilines is 3. The molecule has 0 saturated carbocycles. The van der Waals surface area contributed by atoms with Crippen LogP contribution in [0.3, 0.4) is 0 Å². The molecule has 2 amide bonds. The highest BCUT2D eigenvalue weighted by Gasteiger charge is 2.32. The monoisotopic (exact) mass is 476 g/mol. The van der Waals surface area contributed by atoms with Crippen LogP contribution in [-0.2, 0) is 15.8 Å². The molecule has 0 spiro atoms. The molecule has 2 aliphatic rings. The molecule has 0 atom stereocenters. The van der Waals surface area contributed by atoms with Crippen LogP contribution in [-0.4, -0.2) is 53.4 Å². The van der Waals surface area contributed by atoms with E-state index in [4.69, 9.17) is 4.74 Å². The number of hydrogen-bond acceptors (Lipinski definition) is 7. The Morgan fingerprint density at radius 2 is 1.88 bits per heavy atom. The average Bonchev–Trinajstić information content (AvgIpc) is 3.12. The minimum atomic E-state index is -4.60. The second kappa shape index (κ2) is 9.57. The smallest absolute Gasteiger partial charge is 0.416 e. The van der Waals surface area contributed by atoms with Crippen molar-refractivity contribution < 1.29 is 27.5 Å². The van der Waals surface area contributed by atoms with Gasteiger partial charge in [0.15, 0.2) is 0 Å². The van der Waals surface area contributed by atoms with Crippen molar-refractivity contribution in [1.82, 2.24) is 14.9 Å². The number of hydrogen-bond donors (Lipinski definition) is 3. The van der Waals surface area contributed by atoms with Crippen LogP contribution in [0.1, 0.15) is 30.4 Å². The summed E-state index contributed by atoms with van der Waals surface area (Å²) in [6.45, 7) is 1.06. The van der Waals surface area contributed by atoms with Crippen LogP contribution < -0.4 is 20.7 Å². The van der Waals surface area contributed by atoms with Crippen molar-refractivity contribution in [3.63, 3.8) is 0 Å². The summed E-state index contributed by atoms with van der Waals surface area (Å²) >= 11 is 0. The van der Waals surface area contributed by atoms with E-state index in [1.165, 1.54) is 18.6 Å². The summed E-state index contributed by atoms with van der Waals surface area (Å²) < 4.78 is 45.8. The first-order chi connectivity index (χ1) is 16.2. The molecule has 180 valence electrons. The van der Waals surface area contributed by atoms with Crippen LogP contribution >= 0.6 is 0 Å². The van der Waals surface area contributed by atoms with Crippen molar-refractivity contribution >= 4 is 34.7 Å². The third kappa shape index (κ3) is 5.21. The number of rotatable bonds is 0. The summed E-state index contributed by atoms with van der Waals surface area (Å²) in [5, 5.41) is 8.55. The first-order valence-electron chi connectivity index (χ1n) is 10.7. The number of aromatic nitrogens is 2. The molecule has 0 aliphatic carbocycles. The maximum absolute atomic E-state index is 13.4. The van der Waals surface area contributed by atoms with Crippen molar-refractivity contribution in [3.05, 3.63) is 41.9 Å². The SMILES string of the molecule is CN1CCCNc2ncnc3c2/C(=C/Nc2cc(cc(C(F)(F)F)c2)OCCCC1=O)C(=O)N3. The predicted octanol–water partition coefficient (Wildman–Crippen LogP) is 3.33. The van der Waals surface area contributed by atoms with Gasteiger partial charge in [-0.25, -0.2) is 9.97 Å². The van der Waals surface area contributed by atoms with Crippen molar-refractivity contribution in [2.45, 2.75) is 25.4 Å². The lowest BCUT2D eigenvalue weighted by molar-refractivity contribution is -0.137. The van der Waals surface area contributed by atoms with Crippen LogP contribution in [0.2, 0.25) is 0 Å². The second-order valence-corrected chi connectivity index (χ2v) is 7.89. The van der Waals surface area contributed by atoms with Gasteiger partial charge < -0.3 is 25.6 Å². The molecule has 0 radical (unpaired) electrons. The Morgan fingerprint density at radius 3 is 2.68 bits per heavy atom. The molecular formula is C22H23F3N6O3. The minimum Gasteiger partial charge on any atom is -0.493 e. The fourth-order valence-corrected chi connectivity index (χ4v) is 3.63. The van der Waals surface area contributed by atoms with Gasteiger partial charge in [-0.2, -0.15) is 13.2 Å². The van der Waals surface area contributed by atoms with Gasteiger partial charge in [-0.05, 0) is 25.0 Å². The van der Waals surface area contributed by atoms with E-state index in [0.29, 0.717) is 43.1 Å². The number of alkyl halides is 3. The number of carbonyl (C=O) groups excluding carboxylic acids is 2. The zero-order valence-corrected chi connectivity index (χ0v) is 18.3. The highest BCUT2D eigenvalue weighted by molar-refractivity contribution is 6.32. The molecule has 2 aliphatic heterocycles. The number of amides is 2. The van der Waals surface area contributed by atoms with Gasteiger partial charge in [0, 0.05) is 44.5 Å². The fraction of sp³-hybridized carbons (Fsp3) is 0.364. The topological polar surface area (TPSA) is 108 Å². The number of fused-ring (bicyclic) bond motifs is 2. The average molecular weight is 476 g/mol. The zero-order valence-electron chi connectivity index (χ0n) is 18.3. The first-order valence-corrected chi connectivity index (χ1v) is 10.7. The first kappa shape index (κ1) is 23.3. The van der Waals surface area contributed by atoms with Crippen molar-refractivity contribution in [2.75, 3.05) is 42.7 Å². The Bertz CT molecular complexity index is 1140. The molecule has 1 aromatic heterocycles. The van der Waals surface area contributed by atoms with E-state index in [0.717, 1.165) is 12.1 Å². The Hall–Kier alpha value is -3.83. The summed E-state index contributed by atoms with van der Waals surface area (Å²) in [7, 11) is 1.69. The quantitative estimate of drug-likeness (QED) is 0.535. The van der Waals surface area contributed by atoms with Crippen LogP contribution in [0.4, 0.5) is 30.5 Å². The molecule has 0 unspecified atom stereocenters. The van der Waals surface area contributed by atoms with Crippen molar-refractivity contribution in [3.8, 4) is 5.75 Å². The van der Waals surface area contributed by atoms with Gasteiger partial charge >= 0.3 is 6.18 Å². The summed E-state index contributed by atoms with van der Waals surface area (Å²) in [5.41, 5.74) is -0.236. The second-order valence-electron chi connectivity index (χ2n) is 7.89. The Kier molecular flexibility index (Phi) is 6.57. The largest absolute Gasteiger partial charge is 0.493 e. The molecule has 34 heavy (non-hydrogen) atoms. The third-order valence-electron chi connectivity index (χ3n) is 5.40. The molecule has 3 N–H and O–H groups in total. The van der Waals surface area contributed by atoms with E-state index in [9.17, 15) is 22.8 Å². The van der Waals surface area contributed by atoms with Crippen LogP contribution in [0.5, 0.6) is 5.75 Å². The van der Waals surface area contributed by atoms with Crippen LogP contribution in [0, 0.1) is 0 Å². The molecule has 2 aromatic rings. The normalized spacial score (nSPS) is 18.8. The summed E-state index contributed by atoms with van der Waals surface area (Å²) in [6.07, 6.45) is -0.757. The minimum absolute atomic E-state index is 0.000363. The molecule has 3 heterocycles. The fourth-order valence-electron chi connectivity index (χ4n) is 3.63. The van der Waals surface area contributed by atoms with Gasteiger partial charge in [0.1, 0.15) is 23.7 Å². The zero-order chi connectivity index (χ0) is 24.3. The van der Waals surface area contributed by atoms with Gasteiger partial charge in [-0.3, -0.25) is 9.59 Å². The van der Waals surface area contributed by atoms with Gasteiger partial charge in [-0.15, -0.1) is 0 Å². The summed E-state index contributed by atoms with van der Waals surface area (Å²) in [5.74, 6) is 0.151. The Balaban J connectivity index is 1.71. The van der Waals surface area contributed by atoms with Gasteiger partial charge in [0.05, 0.1) is 23.3 Å². The van der Waals surface area contributed by atoms with Crippen LogP contribution in [0.25, 0.3) is 5.57 Å². The third-order valence-corrected chi connectivity index (χ3v) is 5.40. The van der Waals surface area contributed by atoms with E-state index < -0.39 is 17.6 Å². The van der Waals surface area contributed by atoms with E-state index in [1.54, 1.807) is 11.9 Å². The molecule has 2 bridgehead atoms. The van der Waals surface area contributed by atoms with E-state index in [1.807, 2.05) is 0 Å². The van der Waals surface area contributed by atoms with E-state index in [2.05, 4.69) is 25.9 Å². The molecule has 4 rings (SSSR count). The Morgan fingerprint density at radius 1 is 1.09 bits per heavy atom. The van der Waals surface area contributed by atoms with Gasteiger partial charge in [0.25, 0.3) is 5.91 Å². The number of nitrogens with zero attached hydrogens (tertiary/aromatic N) is 3. The molecule has 12 heteroatoms. The van der Waals surface area contributed by atoms with Gasteiger partial charge in [0.2, 0.25) is 5.91 Å². The Labute approximate surface area is 193 Å². The lowest BCUT2D eigenvalue weighted by atomic mass is 10.1. The highest BCUT2D eigenvalue weighted by atomic mass is 19.4. The lowest BCUT2D eigenvalue weighted by Crippen LogP contribution is -2.29. The molecule has 0 saturated heterocycles. The van der Waals surface area contributed by atoms with Crippen LogP contribution in [0.15, 0.2) is 30.7 Å². The summed E-state index contributed by atoms with van der Waals surface area (Å²) in [6, 6.07) is 3.23. The van der Waals surface area contributed by atoms with E-state index >= 15 is 0 Å². The van der Waals surface area contributed by atoms with Gasteiger partial charge in [-0.1, -0.05) is 0 Å².